The van der Waals surface area contributed by atoms with Crippen LogP contribution in [0.2, 0.25) is 0 Å². The number of rotatable bonds is 9. The Kier molecular flexibility index (Phi) is 7.77. The van der Waals surface area contributed by atoms with E-state index in [2.05, 4.69) is 83.9 Å². The van der Waals surface area contributed by atoms with Gasteiger partial charge in [-0.2, -0.15) is 0 Å². The van der Waals surface area contributed by atoms with Gasteiger partial charge in [0.05, 0.1) is 7.11 Å². The summed E-state index contributed by atoms with van der Waals surface area (Å²) in [4.78, 5) is 13.9. The van der Waals surface area contributed by atoms with Crippen molar-refractivity contribution in [1.29, 1.82) is 0 Å². The third kappa shape index (κ3) is 5.36. The van der Waals surface area contributed by atoms with Gasteiger partial charge >= 0.3 is 6.16 Å². The van der Waals surface area contributed by atoms with Crippen LogP contribution >= 0.6 is 0 Å². The zero-order chi connectivity index (χ0) is 25.8. The predicted molar refractivity (Wildman–Crippen MR) is 144 cm³/mol. The van der Waals surface area contributed by atoms with Gasteiger partial charge in [-0.05, 0) is 41.5 Å². The van der Waals surface area contributed by atoms with E-state index in [4.69, 9.17) is 9.47 Å². The number of hydrogen-bond donors (Lipinski definition) is 2. The van der Waals surface area contributed by atoms with Crippen LogP contribution in [0.1, 0.15) is 47.9 Å². The maximum absolute atomic E-state index is 11.6. The van der Waals surface area contributed by atoms with Gasteiger partial charge in [0.2, 0.25) is 0 Å². The molecule has 37 heavy (non-hydrogen) atoms. The molecule has 0 spiro atoms. The fourth-order valence-corrected chi connectivity index (χ4v) is 6.37. The molecule has 6 heteroatoms. The molecule has 3 heterocycles. The number of methoxy groups -OCH3 is 1. The lowest BCUT2D eigenvalue weighted by atomic mass is 9.70. The van der Waals surface area contributed by atoms with Crippen LogP contribution in [0.5, 0.6) is 5.75 Å². The van der Waals surface area contributed by atoms with Gasteiger partial charge in [-0.1, -0.05) is 79.7 Å². The first-order valence-corrected chi connectivity index (χ1v) is 13.2. The predicted octanol–water partition coefficient (Wildman–Crippen LogP) is 5.66. The average molecular weight is 501 g/mol. The first-order valence-electron chi connectivity index (χ1n) is 13.2. The summed E-state index contributed by atoms with van der Waals surface area (Å²) in [5, 5.41) is 13.4. The second kappa shape index (κ2) is 11.4. The van der Waals surface area contributed by atoms with E-state index in [1.165, 1.54) is 16.7 Å². The molecule has 0 aromatic heterocycles. The Bertz CT molecular complexity index is 1150. The molecule has 0 radical (unpaired) electrons. The first-order chi connectivity index (χ1) is 18.1. The molecule has 3 saturated heterocycles. The normalized spacial score (nSPS) is 24.7. The summed E-state index contributed by atoms with van der Waals surface area (Å²) in [5.74, 6) is 1.25. The molecule has 0 aliphatic carbocycles. The minimum atomic E-state index is -1.21. The van der Waals surface area contributed by atoms with E-state index < -0.39 is 12.4 Å². The lowest BCUT2D eigenvalue weighted by Crippen LogP contribution is -2.68. The molecule has 3 aliphatic heterocycles. The molecule has 2 N–H and O–H groups in total. The first kappa shape index (κ1) is 25.3. The minimum absolute atomic E-state index is 0.0296. The number of piperidine rings is 3. The molecule has 3 fully saturated rings. The number of nitrogens with zero attached hydrogens (tertiary/aromatic N) is 1. The quantitative estimate of drug-likeness (QED) is 0.369. The van der Waals surface area contributed by atoms with Crippen LogP contribution in [0.4, 0.5) is 4.79 Å². The fraction of sp³-hybridized carbons (Fsp3) is 0.387. The Morgan fingerprint density at radius 3 is 2.32 bits per heavy atom. The van der Waals surface area contributed by atoms with Crippen molar-refractivity contribution in [2.45, 2.75) is 57.0 Å². The summed E-state index contributed by atoms with van der Waals surface area (Å²) in [7, 11) is 1.72. The highest BCUT2D eigenvalue weighted by Gasteiger charge is 2.51. The van der Waals surface area contributed by atoms with E-state index in [9.17, 15) is 9.90 Å². The van der Waals surface area contributed by atoms with Crippen LogP contribution in [0.25, 0.3) is 0 Å². The molecule has 6 rings (SSSR count). The maximum Gasteiger partial charge on any atom is 0.507 e. The molecule has 3 aromatic carbocycles. The van der Waals surface area contributed by atoms with Gasteiger partial charge in [-0.3, -0.25) is 4.90 Å². The van der Waals surface area contributed by atoms with Gasteiger partial charge in [-0.25, -0.2) is 4.79 Å². The van der Waals surface area contributed by atoms with Gasteiger partial charge in [0.1, 0.15) is 5.75 Å². The highest BCUT2D eigenvalue weighted by atomic mass is 16.7. The minimum Gasteiger partial charge on any atom is -0.496 e. The standard InChI is InChI=1S/C31H36N2O4/c1-3-21-14-15-26(36-2)25(18-21)20-32-29-24-16-17-33(27(19-24)37-31(34)35)30(29)28(22-10-6-4-7-11-22)23-12-8-5-9-13-23/h4-15,18,24,27-30,32H,3,16-17,19-20H2,1-2H3,(H,34,35)/t24-,27?,29-,30-/m0/s1. The van der Waals surface area contributed by atoms with Crippen molar-refractivity contribution in [3.05, 3.63) is 101 Å². The lowest BCUT2D eigenvalue weighted by Gasteiger charge is -2.56. The molecule has 6 nitrogen and oxygen atoms in total. The van der Waals surface area contributed by atoms with E-state index in [0.717, 1.165) is 30.7 Å². The number of fused-ring (bicyclic) bond motifs is 3. The van der Waals surface area contributed by atoms with Gasteiger partial charge in [0, 0.05) is 43.1 Å². The molecular weight excluding hydrogens is 464 g/mol. The number of ether oxygens (including phenoxy) is 2. The zero-order valence-corrected chi connectivity index (χ0v) is 21.5. The second-order valence-electron chi connectivity index (χ2n) is 10.1. The van der Waals surface area contributed by atoms with Crippen LogP contribution in [0, 0.1) is 5.92 Å². The van der Waals surface area contributed by atoms with Crippen molar-refractivity contribution in [2.75, 3.05) is 13.7 Å². The molecule has 3 aliphatic rings. The van der Waals surface area contributed by atoms with Crippen LogP contribution in [0.3, 0.4) is 0 Å². The van der Waals surface area contributed by atoms with E-state index in [-0.39, 0.29) is 18.0 Å². The zero-order valence-electron chi connectivity index (χ0n) is 21.5. The van der Waals surface area contributed by atoms with Crippen LogP contribution in [-0.2, 0) is 17.7 Å². The van der Waals surface area contributed by atoms with E-state index in [1.807, 2.05) is 12.1 Å². The Labute approximate surface area is 219 Å². The van der Waals surface area contributed by atoms with Crippen molar-refractivity contribution >= 4 is 6.16 Å². The number of carboxylic acid groups (broad SMARTS) is 1. The van der Waals surface area contributed by atoms with Gasteiger partial charge in [-0.15, -0.1) is 0 Å². The Hall–Kier alpha value is -3.35. The fourth-order valence-electron chi connectivity index (χ4n) is 6.37. The largest absolute Gasteiger partial charge is 0.507 e. The number of hydrogen-bond acceptors (Lipinski definition) is 5. The number of benzene rings is 3. The highest BCUT2D eigenvalue weighted by Crippen LogP contribution is 2.45. The molecule has 2 unspecified atom stereocenters. The summed E-state index contributed by atoms with van der Waals surface area (Å²) in [5.41, 5.74) is 4.87. The van der Waals surface area contributed by atoms with Crippen LogP contribution in [0.15, 0.2) is 78.9 Å². The summed E-state index contributed by atoms with van der Waals surface area (Å²) >= 11 is 0. The van der Waals surface area contributed by atoms with Gasteiger partial charge < -0.3 is 19.9 Å². The smallest absolute Gasteiger partial charge is 0.496 e. The lowest BCUT2D eigenvalue weighted by molar-refractivity contribution is -0.139. The van der Waals surface area contributed by atoms with Crippen LogP contribution < -0.4 is 10.1 Å². The van der Waals surface area contributed by atoms with Crippen molar-refractivity contribution in [3.63, 3.8) is 0 Å². The van der Waals surface area contributed by atoms with Crippen LogP contribution in [-0.4, -0.2) is 48.1 Å². The second-order valence-corrected chi connectivity index (χ2v) is 10.1. The summed E-state index contributed by atoms with van der Waals surface area (Å²) in [6.45, 7) is 3.66. The van der Waals surface area contributed by atoms with Crippen molar-refractivity contribution < 1.29 is 19.4 Å². The number of aryl methyl sites for hydroxylation is 1. The molecule has 3 aromatic rings. The van der Waals surface area contributed by atoms with Gasteiger partial charge in [0.15, 0.2) is 6.23 Å². The van der Waals surface area contributed by atoms with Crippen molar-refractivity contribution in [2.24, 2.45) is 5.92 Å². The molecule has 0 saturated carbocycles. The topological polar surface area (TPSA) is 71.0 Å². The maximum atomic E-state index is 11.6. The number of nitrogens with one attached hydrogen (secondary N) is 1. The SMILES string of the molecule is CCc1ccc(OC)c(CN[C@H]2[C@H]3CCN(C(OC(=O)O)C3)[C@H]2C(c2ccccc2)c2ccccc2)c1. The summed E-state index contributed by atoms with van der Waals surface area (Å²) in [6.07, 6.45) is 1.03. The molecule has 194 valence electrons. The Balaban J connectivity index is 1.53. The highest BCUT2D eigenvalue weighted by molar-refractivity contribution is 5.57. The molecule has 2 bridgehead atoms. The van der Waals surface area contributed by atoms with Crippen molar-refractivity contribution in [1.82, 2.24) is 10.2 Å². The third-order valence-electron chi connectivity index (χ3n) is 8.07. The monoisotopic (exact) mass is 500 g/mol. The Morgan fingerprint density at radius 2 is 1.73 bits per heavy atom. The Morgan fingerprint density at radius 1 is 1.05 bits per heavy atom. The summed E-state index contributed by atoms with van der Waals surface area (Å²) in [6, 6.07) is 27.7. The van der Waals surface area contributed by atoms with Crippen molar-refractivity contribution in [3.8, 4) is 5.75 Å². The molecule has 5 atom stereocenters. The molecular formula is C31H36N2O4. The number of carbonyl (C=O) groups is 1. The molecule has 0 amide bonds. The van der Waals surface area contributed by atoms with Gasteiger partial charge in [0.25, 0.3) is 0 Å². The third-order valence-corrected chi connectivity index (χ3v) is 8.07. The summed E-state index contributed by atoms with van der Waals surface area (Å²) < 4.78 is 11.1. The van der Waals surface area contributed by atoms with E-state index in [1.54, 1.807) is 7.11 Å². The average Bonchev–Trinajstić information content (AvgIpc) is 2.93. The van der Waals surface area contributed by atoms with E-state index >= 15 is 0 Å². The van der Waals surface area contributed by atoms with E-state index in [0.29, 0.717) is 18.9 Å².